The fourth-order valence-corrected chi connectivity index (χ4v) is 3.52. The third kappa shape index (κ3) is 1.66. The van der Waals surface area contributed by atoms with E-state index in [0.717, 1.165) is 16.9 Å². The number of carbonyl (C=O) groups excluding carboxylic acids is 1. The summed E-state index contributed by atoms with van der Waals surface area (Å²) >= 11 is 0. The van der Waals surface area contributed by atoms with Gasteiger partial charge in [-0.15, -0.1) is 0 Å². The van der Waals surface area contributed by atoms with E-state index in [-0.39, 0.29) is 10.8 Å². The summed E-state index contributed by atoms with van der Waals surface area (Å²) in [5.41, 5.74) is 0.0817. The standard InChI is InChI=1S/C10H21NOSi/c1-9(2,3)7-6-11(13)8(12)10(7,4)5/h7H,6H2,1-5,13H3. The van der Waals surface area contributed by atoms with E-state index in [2.05, 4.69) is 34.6 Å². The van der Waals surface area contributed by atoms with E-state index < -0.39 is 0 Å². The van der Waals surface area contributed by atoms with Crippen LogP contribution in [0.5, 0.6) is 0 Å². The van der Waals surface area contributed by atoms with Gasteiger partial charge in [0.2, 0.25) is 5.91 Å². The first-order valence-electron chi connectivity index (χ1n) is 4.93. The van der Waals surface area contributed by atoms with Crippen molar-refractivity contribution in [2.45, 2.75) is 34.6 Å². The second-order valence-electron chi connectivity index (χ2n) is 5.83. The molecular weight excluding hydrogens is 178 g/mol. The van der Waals surface area contributed by atoms with E-state index in [4.69, 9.17) is 0 Å². The van der Waals surface area contributed by atoms with E-state index in [1.807, 2.05) is 4.57 Å². The summed E-state index contributed by atoms with van der Waals surface area (Å²) in [6, 6.07) is 0. The zero-order valence-corrected chi connectivity index (χ0v) is 11.6. The summed E-state index contributed by atoms with van der Waals surface area (Å²) in [4.78, 5) is 11.8. The van der Waals surface area contributed by atoms with Gasteiger partial charge in [-0.2, -0.15) is 0 Å². The highest BCUT2D eigenvalue weighted by Crippen LogP contribution is 2.45. The lowest BCUT2D eigenvalue weighted by Crippen LogP contribution is -2.35. The van der Waals surface area contributed by atoms with Gasteiger partial charge in [-0.3, -0.25) is 4.79 Å². The molecule has 0 aromatic heterocycles. The van der Waals surface area contributed by atoms with Gasteiger partial charge >= 0.3 is 0 Å². The molecule has 1 saturated heterocycles. The number of hydrogen-bond donors (Lipinski definition) is 0. The van der Waals surface area contributed by atoms with E-state index in [1.54, 1.807) is 0 Å². The van der Waals surface area contributed by atoms with Crippen LogP contribution in [0.1, 0.15) is 34.6 Å². The largest absolute Gasteiger partial charge is 0.377 e. The molecule has 2 nitrogen and oxygen atoms in total. The van der Waals surface area contributed by atoms with E-state index in [1.165, 1.54) is 0 Å². The maximum Gasteiger partial charge on any atom is 0.220 e. The Morgan fingerprint density at radius 1 is 1.46 bits per heavy atom. The Morgan fingerprint density at radius 2 is 1.92 bits per heavy atom. The molecule has 0 N–H and O–H groups in total. The molecule has 0 radical (unpaired) electrons. The van der Waals surface area contributed by atoms with Crippen molar-refractivity contribution in [2.24, 2.45) is 16.7 Å². The van der Waals surface area contributed by atoms with Gasteiger partial charge in [-0.05, 0) is 11.3 Å². The van der Waals surface area contributed by atoms with Crippen LogP contribution in [0.15, 0.2) is 0 Å². The highest BCUT2D eigenvalue weighted by atomic mass is 28.2. The molecule has 0 bridgehead atoms. The molecule has 0 spiro atoms. The molecule has 1 aliphatic heterocycles. The van der Waals surface area contributed by atoms with Crippen molar-refractivity contribution in [3.8, 4) is 0 Å². The Kier molecular flexibility index (Phi) is 2.35. The zero-order chi connectivity index (χ0) is 10.4. The van der Waals surface area contributed by atoms with E-state index in [0.29, 0.717) is 11.8 Å². The molecule has 1 aliphatic rings. The topological polar surface area (TPSA) is 20.3 Å². The van der Waals surface area contributed by atoms with E-state index >= 15 is 0 Å². The van der Waals surface area contributed by atoms with Crippen LogP contribution in [-0.2, 0) is 4.79 Å². The predicted molar refractivity (Wildman–Crippen MR) is 58.4 cm³/mol. The number of rotatable bonds is 0. The van der Waals surface area contributed by atoms with Crippen molar-refractivity contribution >= 4 is 16.3 Å². The number of nitrogens with zero attached hydrogens (tertiary/aromatic N) is 1. The molecule has 1 heterocycles. The number of carbonyl (C=O) groups is 1. The van der Waals surface area contributed by atoms with Crippen molar-refractivity contribution in [3.63, 3.8) is 0 Å². The lowest BCUT2D eigenvalue weighted by molar-refractivity contribution is -0.132. The van der Waals surface area contributed by atoms with Gasteiger partial charge < -0.3 is 4.57 Å². The fourth-order valence-electron chi connectivity index (χ4n) is 2.58. The minimum absolute atomic E-state index is 0.153. The molecule has 13 heavy (non-hydrogen) atoms. The van der Waals surface area contributed by atoms with Crippen LogP contribution in [0.25, 0.3) is 0 Å². The van der Waals surface area contributed by atoms with E-state index in [9.17, 15) is 4.79 Å². The van der Waals surface area contributed by atoms with Gasteiger partial charge in [0.1, 0.15) is 10.4 Å². The molecule has 0 saturated carbocycles. The highest BCUT2D eigenvalue weighted by Gasteiger charge is 2.49. The van der Waals surface area contributed by atoms with Gasteiger partial charge in [0.15, 0.2) is 0 Å². The minimum atomic E-state index is -0.153. The van der Waals surface area contributed by atoms with Gasteiger partial charge in [-0.25, -0.2) is 0 Å². The fraction of sp³-hybridized carbons (Fsp3) is 0.900. The maximum atomic E-state index is 11.8. The first-order chi connectivity index (χ1) is 5.67. The summed E-state index contributed by atoms with van der Waals surface area (Å²) in [5.74, 6) is 0.837. The molecule has 3 heteroatoms. The average molecular weight is 199 g/mol. The van der Waals surface area contributed by atoms with Crippen LogP contribution in [0.3, 0.4) is 0 Å². The highest BCUT2D eigenvalue weighted by molar-refractivity contribution is 6.16. The third-order valence-electron chi connectivity index (χ3n) is 3.27. The zero-order valence-electron chi connectivity index (χ0n) is 9.64. The third-order valence-corrected chi connectivity index (χ3v) is 4.04. The van der Waals surface area contributed by atoms with Gasteiger partial charge in [0.25, 0.3) is 0 Å². The van der Waals surface area contributed by atoms with Crippen molar-refractivity contribution in [3.05, 3.63) is 0 Å². The Labute approximate surface area is 84.2 Å². The Balaban J connectivity index is 2.98. The van der Waals surface area contributed by atoms with Crippen molar-refractivity contribution in [1.29, 1.82) is 0 Å². The van der Waals surface area contributed by atoms with Gasteiger partial charge in [0.05, 0.1) is 0 Å². The number of hydrogen-bond acceptors (Lipinski definition) is 1. The quantitative estimate of drug-likeness (QED) is 0.528. The molecule has 76 valence electrons. The summed E-state index contributed by atoms with van der Waals surface area (Å²) in [6.45, 7) is 11.8. The Morgan fingerprint density at radius 3 is 2.08 bits per heavy atom. The van der Waals surface area contributed by atoms with Crippen LogP contribution in [-0.4, -0.2) is 27.4 Å². The maximum absolute atomic E-state index is 11.8. The predicted octanol–water partition coefficient (Wildman–Crippen LogP) is 0.797. The van der Waals surface area contributed by atoms with Gasteiger partial charge in [0, 0.05) is 12.0 Å². The molecule has 0 aromatic rings. The molecule has 1 amide bonds. The molecular formula is C10H21NOSi. The van der Waals surface area contributed by atoms with Crippen molar-refractivity contribution in [1.82, 2.24) is 4.57 Å². The summed E-state index contributed by atoms with van der Waals surface area (Å²) in [6.07, 6.45) is 0. The van der Waals surface area contributed by atoms with Crippen LogP contribution in [0.2, 0.25) is 0 Å². The van der Waals surface area contributed by atoms with Crippen LogP contribution in [0, 0.1) is 16.7 Å². The Bertz CT molecular complexity index is 230. The molecule has 1 rings (SSSR count). The lowest BCUT2D eigenvalue weighted by atomic mass is 9.67. The first kappa shape index (κ1) is 10.8. The second-order valence-corrected chi connectivity index (χ2v) is 6.91. The SMILES string of the molecule is CC(C)(C)C1CN([SiH3])C(=O)C1(C)C. The van der Waals surface area contributed by atoms with Crippen molar-refractivity contribution < 1.29 is 4.79 Å². The molecule has 1 unspecified atom stereocenters. The van der Waals surface area contributed by atoms with Gasteiger partial charge in [-0.1, -0.05) is 34.6 Å². The van der Waals surface area contributed by atoms with Crippen molar-refractivity contribution in [2.75, 3.05) is 6.54 Å². The Hall–Kier alpha value is -0.313. The van der Waals surface area contributed by atoms with Crippen LogP contribution in [0.4, 0.5) is 0 Å². The number of amides is 1. The summed E-state index contributed by atoms with van der Waals surface area (Å²) < 4.78 is 2.00. The molecule has 1 atom stereocenters. The first-order valence-corrected chi connectivity index (χ1v) is 5.82. The smallest absolute Gasteiger partial charge is 0.220 e. The monoisotopic (exact) mass is 199 g/mol. The van der Waals surface area contributed by atoms with Crippen LogP contribution < -0.4 is 0 Å². The average Bonchev–Trinajstić information content (AvgIpc) is 2.12. The normalized spacial score (nSPS) is 28.5. The summed E-state index contributed by atoms with van der Waals surface area (Å²) in [7, 11) is 0.864. The molecule has 0 aromatic carbocycles. The minimum Gasteiger partial charge on any atom is -0.377 e. The second kappa shape index (κ2) is 2.84. The summed E-state index contributed by atoms with van der Waals surface area (Å²) in [5, 5.41) is 0. The van der Waals surface area contributed by atoms with Crippen LogP contribution >= 0.6 is 0 Å². The molecule has 1 fully saturated rings. The lowest BCUT2D eigenvalue weighted by Gasteiger charge is -2.34. The molecule has 0 aliphatic carbocycles.